The van der Waals surface area contributed by atoms with E-state index in [1.54, 1.807) is 25.3 Å². The maximum Gasteiger partial charge on any atom is 0.257 e. The summed E-state index contributed by atoms with van der Waals surface area (Å²) in [6.07, 6.45) is 1.63. The third-order valence-electron chi connectivity index (χ3n) is 2.70. The Labute approximate surface area is 105 Å². The van der Waals surface area contributed by atoms with Crippen molar-refractivity contribution in [3.8, 4) is 5.75 Å². The Balaban J connectivity index is 2.25. The molecule has 0 atom stereocenters. The number of rotatable bonds is 2. The van der Waals surface area contributed by atoms with Gasteiger partial charge < -0.3 is 10.4 Å². The molecule has 4 nitrogen and oxygen atoms in total. The van der Waals surface area contributed by atoms with Crippen LogP contribution in [0.1, 0.15) is 21.5 Å². The van der Waals surface area contributed by atoms with E-state index in [0.29, 0.717) is 11.4 Å². The highest BCUT2D eigenvalue weighted by Crippen LogP contribution is 2.17. The molecule has 0 aliphatic carbocycles. The number of aromatic hydroxyl groups is 1. The second-order valence-electron chi connectivity index (χ2n) is 4.12. The van der Waals surface area contributed by atoms with E-state index < -0.39 is 0 Å². The van der Waals surface area contributed by atoms with Crippen molar-refractivity contribution in [1.29, 1.82) is 0 Å². The molecule has 4 heteroatoms. The Bertz CT molecular complexity index is 594. The average molecular weight is 242 g/mol. The van der Waals surface area contributed by atoms with E-state index in [-0.39, 0.29) is 11.7 Å². The number of amides is 1. The highest BCUT2D eigenvalue weighted by molar-refractivity contribution is 6.05. The maximum absolute atomic E-state index is 12.1. The van der Waals surface area contributed by atoms with Crippen molar-refractivity contribution in [2.45, 2.75) is 13.8 Å². The lowest BCUT2D eigenvalue weighted by atomic mass is 10.1. The van der Waals surface area contributed by atoms with Gasteiger partial charge >= 0.3 is 0 Å². The van der Waals surface area contributed by atoms with Gasteiger partial charge in [0, 0.05) is 11.8 Å². The first-order chi connectivity index (χ1) is 8.58. The van der Waals surface area contributed by atoms with E-state index in [1.165, 1.54) is 6.07 Å². The number of benzene rings is 1. The molecule has 0 aliphatic heterocycles. The number of aryl methyl sites for hydroxylation is 2. The molecular formula is C14H14N2O2. The Morgan fingerprint density at radius 3 is 2.67 bits per heavy atom. The smallest absolute Gasteiger partial charge is 0.257 e. The minimum atomic E-state index is -0.228. The van der Waals surface area contributed by atoms with E-state index >= 15 is 0 Å². The van der Waals surface area contributed by atoms with E-state index in [4.69, 9.17) is 0 Å². The van der Waals surface area contributed by atoms with Gasteiger partial charge in [-0.25, -0.2) is 4.98 Å². The van der Waals surface area contributed by atoms with Gasteiger partial charge in [-0.1, -0.05) is 6.07 Å². The number of pyridine rings is 1. The number of phenols is 1. The van der Waals surface area contributed by atoms with Crippen LogP contribution < -0.4 is 5.32 Å². The molecule has 1 amide bonds. The van der Waals surface area contributed by atoms with Crippen LogP contribution in [0.3, 0.4) is 0 Å². The summed E-state index contributed by atoms with van der Waals surface area (Å²) in [4.78, 5) is 16.2. The molecule has 0 fully saturated rings. The van der Waals surface area contributed by atoms with Crippen molar-refractivity contribution in [2.24, 2.45) is 0 Å². The zero-order valence-corrected chi connectivity index (χ0v) is 10.3. The summed E-state index contributed by atoms with van der Waals surface area (Å²) < 4.78 is 0. The molecule has 0 saturated heterocycles. The molecule has 0 unspecified atom stereocenters. The highest BCUT2D eigenvalue weighted by atomic mass is 16.3. The van der Waals surface area contributed by atoms with Crippen LogP contribution in [0.25, 0.3) is 0 Å². The average Bonchev–Trinajstić information content (AvgIpc) is 2.32. The molecule has 2 N–H and O–H groups in total. The van der Waals surface area contributed by atoms with Crippen LogP contribution in [0, 0.1) is 13.8 Å². The quantitative estimate of drug-likeness (QED) is 0.851. The Kier molecular flexibility index (Phi) is 3.28. The second kappa shape index (κ2) is 4.87. The van der Waals surface area contributed by atoms with E-state index in [2.05, 4.69) is 10.3 Å². The van der Waals surface area contributed by atoms with Crippen molar-refractivity contribution >= 4 is 11.7 Å². The van der Waals surface area contributed by atoms with E-state index in [1.807, 2.05) is 19.1 Å². The number of hydrogen-bond donors (Lipinski definition) is 2. The number of aromatic nitrogens is 1. The zero-order valence-electron chi connectivity index (χ0n) is 10.3. The van der Waals surface area contributed by atoms with Gasteiger partial charge in [-0.05, 0) is 49.2 Å². The summed E-state index contributed by atoms with van der Waals surface area (Å²) in [5.41, 5.74) is 2.15. The van der Waals surface area contributed by atoms with E-state index in [9.17, 15) is 9.90 Å². The zero-order chi connectivity index (χ0) is 13.1. The fourth-order valence-corrected chi connectivity index (χ4v) is 1.69. The van der Waals surface area contributed by atoms with Crippen molar-refractivity contribution in [3.05, 3.63) is 53.2 Å². The van der Waals surface area contributed by atoms with Crippen LogP contribution >= 0.6 is 0 Å². The molecule has 2 aromatic rings. The van der Waals surface area contributed by atoms with Crippen LogP contribution in [0.2, 0.25) is 0 Å². The third kappa shape index (κ3) is 2.48. The number of carbonyl (C=O) groups is 1. The fraction of sp³-hybridized carbons (Fsp3) is 0.143. The van der Waals surface area contributed by atoms with Crippen LogP contribution in [0.5, 0.6) is 5.75 Å². The van der Waals surface area contributed by atoms with Crippen LogP contribution in [0.15, 0.2) is 36.5 Å². The molecule has 0 bridgehead atoms. The number of phenolic OH excluding ortho intramolecular Hbond substituents is 1. The predicted molar refractivity (Wildman–Crippen MR) is 69.8 cm³/mol. The molecule has 18 heavy (non-hydrogen) atoms. The molecule has 0 saturated carbocycles. The van der Waals surface area contributed by atoms with Crippen molar-refractivity contribution in [3.63, 3.8) is 0 Å². The SMILES string of the molecule is Cc1cc(O)ccc1C(=O)Nc1ncccc1C. The first-order valence-corrected chi connectivity index (χ1v) is 5.60. The second-order valence-corrected chi connectivity index (χ2v) is 4.12. The topological polar surface area (TPSA) is 62.2 Å². The fourth-order valence-electron chi connectivity index (χ4n) is 1.69. The molecule has 1 heterocycles. The first-order valence-electron chi connectivity index (χ1n) is 5.60. The van der Waals surface area contributed by atoms with Crippen LogP contribution in [-0.2, 0) is 0 Å². The Morgan fingerprint density at radius 2 is 2.00 bits per heavy atom. The van der Waals surface area contributed by atoms with Gasteiger partial charge in [-0.3, -0.25) is 4.79 Å². The number of nitrogens with zero attached hydrogens (tertiary/aromatic N) is 1. The van der Waals surface area contributed by atoms with Gasteiger partial charge in [0.1, 0.15) is 11.6 Å². The molecule has 2 rings (SSSR count). The summed E-state index contributed by atoms with van der Waals surface area (Å²) in [5, 5.41) is 12.1. The standard InChI is InChI=1S/C14H14N2O2/c1-9-4-3-7-15-13(9)16-14(18)12-6-5-11(17)8-10(12)2/h3-8,17H,1-2H3,(H,15,16,18). The van der Waals surface area contributed by atoms with Gasteiger partial charge in [-0.2, -0.15) is 0 Å². The minimum absolute atomic E-state index is 0.151. The molecule has 0 radical (unpaired) electrons. The van der Waals surface area contributed by atoms with Gasteiger partial charge in [0.2, 0.25) is 0 Å². The molecule has 92 valence electrons. The summed E-state index contributed by atoms with van der Waals surface area (Å²) in [6.45, 7) is 3.66. The molecule has 1 aromatic carbocycles. The Hall–Kier alpha value is -2.36. The predicted octanol–water partition coefficient (Wildman–Crippen LogP) is 2.66. The lowest BCUT2D eigenvalue weighted by molar-refractivity contribution is 0.102. The lowest BCUT2D eigenvalue weighted by Crippen LogP contribution is -2.15. The molecular weight excluding hydrogens is 228 g/mol. The molecule has 1 aromatic heterocycles. The van der Waals surface area contributed by atoms with Crippen molar-refractivity contribution in [1.82, 2.24) is 4.98 Å². The maximum atomic E-state index is 12.1. The normalized spacial score (nSPS) is 10.1. The van der Waals surface area contributed by atoms with Crippen molar-refractivity contribution in [2.75, 3.05) is 5.32 Å². The van der Waals surface area contributed by atoms with Gasteiger partial charge in [0.25, 0.3) is 5.91 Å². The summed E-state index contributed by atoms with van der Waals surface area (Å²) in [5.74, 6) is 0.474. The lowest BCUT2D eigenvalue weighted by Gasteiger charge is -2.09. The van der Waals surface area contributed by atoms with E-state index in [0.717, 1.165) is 11.1 Å². The van der Waals surface area contributed by atoms with Gasteiger partial charge in [0.15, 0.2) is 0 Å². The highest BCUT2D eigenvalue weighted by Gasteiger charge is 2.11. The molecule has 0 aliphatic rings. The van der Waals surface area contributed by atoms with Crippen LogP contribution in [-0.4, -0.2) is 16.0 Å². The third-order valence-corrected chi connectivity index (χ3v) is 2.70. The molecule has 0 spiro atoms. The Morgan fingerprint density at radius 1 is 1.22 bits per heavy atom. The number of anilines is 1. The minimum Gasteiger partial charge on any atom is -0.508 e. The summed E-state index contributed by atoms with van der Waals surface area (Å²) >= 11 is 0. The number of nitrogens with one attached hydrogen (secondary N) is 1. The first kappa shape index (κ1) is 12.1. The summed E-state index contributed by atoms with van der Waals surface area (Å²) in [7, 11) is 0. The van der Waals surface area contributed by atoms with Gasteiger partial charge in [-0.15, -0.1) is 0 Å². The van der Waals surface area contributed by atoms with Crippen LogP contribution in [0.4, 0.5) is 5.82 Å². The monoisotopic (exact) mass is 242 g/mol. The summed E-state index contributed by atoms with van der Waals surface area (Å²) in [6, 6.07) is 8.34. The van der Waals surface area contributed by atoms with Gasteiger partial charge in [0.05, 0.1) is 0 Å². The number of hydrogen-bond acceptors (Lipinski definition) is 3. The largest absolute Gasteiger partial charge is 0.508 e. The number of carbonyl (C=O) groups excluding carboxylic acids is 1. The van der Waals surface area contributed by atoms with Crippen molar-refractivity contribution < 1.29 is 9.90 Å².